The van der Waals surface area contributed by atoms with E-state index in [-0.39, 0.29) is 12.6 Å². The summed E-state index contributed by atoms with van der Waals surface area (Å²) in [5.74, 6) is -0.775. The number of hydrogen-bond acceptors (Lipinski definition) is 5. The van der Waals surface area contributed by atoms with Crippen molar-refractivity contribution in [2.75, 3.05) is 13.2 Å². The minimum absolute atomic E-state index is 0.183. The Morgan fingerprint density at radius 1 is 1.41 bits per heavy atom. The van der Waals surface area contributed by atoms with Crippen LogP contribution >= 0.6 is 0 Å². The Labute approximate surface area is 99.5 Å². The van der Waals surface area contributed by atoms with Gasteiger partial charge in [-0.3, -0.25) is 9.48 Å². The molecule has 0 unspecified atom stereocenters. The van der Waals surface area contributed by atoms with Crippen LogP contribution in [-0.2, 0) is 20.8 Å². The summed E-state index contributed by atoms with van der Waals surface area (Å²) in [7, 11) is 0. The second-order valence-corrected chi connectivity index (χ2v) is 3.45. The highest BCUT2D eigenvalue weighted by Gasteiger charge is 2.14. The van der Waals surface area contributed by atoms with E-state index in [1.54, 1.807) is 19.9 Å². The molecule has 6 nitrogen and oxygen atoms in total. The standard InChI is InChI=1S/C11H16N2O4/c1-4-16-11(15)10-7-8(2)12-13(10)5-6-17-9(3)14/h7H,4-6H2,1-3H3. The smallest absolute Gasteiger partial charge is 0.356 e. The molecule has 0 aromatic carbocycles. The molecule has 0 aliphatic heterocycles. The third-order valence-corrected chi connectivity index (χ3v) is 2.00. The average Bonchev–Trinajstić information content (AvgIpc) is 2.59. The predicted molar refractivity (Wildman–Crippen MR) is 59.6 cm³/mol. The summed E-state index contributed by atoms with van der Waals surface area (Å²) in [5.41, 5.74) is 1.09. The number of esters is 2. The van der Waals surface area contributed by atoms with Gasteiger partial charge >= 0.3 is 11.9 Å². The summed E-state index contributed by atoms with van der Waals surface area (Å²) in [5, 5.41) is 4.14. The maximum Gasteiger partial charge on any atom is 0.356 e. The molecule has 1 aromatic rings. The van der Waals surface area contributed by atoms with Gasteiger partial charge in [-0.15, -0.1) is 0 Å². The fourth-order valence-corrected chi connectivity index (χ4v) is 1.36. The van der Waals surface area contributed by atoms with Crippen molar-refractivity contribution < 1.29 is 19.1 Å². The quantitative estimate of drug-likeness (QED) is 0.716. The second-order valence-electron chi connectivity index (χ2n) is 3.45. The van der Waals surface area contributed by atoms with E-state index in [4.69, 9.17) is 9.47 Å². The van der Waals surface area contributed by atoms with Crippen LogP contribution in [-0.4, -0.2) is 34.9 Å². The molecule has 1 heterocycles. The van der Waals surface area contributed by atoms with Gasteiger partial charge < -0.3 is 9.47 Å². The molecule has 0 atom stereocenters. The molecule has 1 aromatic heterocycles. The summed E-state index contributed by atoms with van der Waals surface area (Å²) >= 11 is 0. The molecule has 0 saturated carbocycles. The van der Waals surface area contributed by atoms with Crippen molar-refractivity contribution in [3.8, 4) is 0 Å². The molecule has 0 saturated heterocycles. The summed E-state index contributed by atoms with van der Waals surface area (Å²) in [6.07, 6.45) is 0. The normalized spacial score (nSPS) is 10.1. The first-order chi connectivity index (χ1) is 8.04. The second kappa shape index (κ2) is 6.03. The molecule has 0 amide bonds. The molecule has 0 bridgehead atoms. The lowest BCUT2D eigenvalue weighted by Crippen LogP contribution is -2.16. The minimum Gasteiger partial charge on any atom is -0.464 e. The number of nitrogens with zero attached hydrogens (tertiary/aromatic N) is 2. The maximum absolute atomic E-state index is 11.6. The number of ether oxygens (including phenoxy) is 2. The summed E-state index contributed by atoms with van der Waals surface area (Å²) < 4.78 is 11.2. The van der Waals surface area contributed by atoms with Crippen molar-refractivity contribution in [3.05, 3.63) is 17.5 Å². The van der Waals surface area contributed by atoms with Crippen LogP contribution in [0.2, 0.25) is 0 Å². The van der Waals surface area contributed by atoms with E-state index < -0.39 is 5.97 Å². The monoisotopic (exact) mass is 240 g/mol. The molecule has 0 fully saturated rings. The summed E-state index contributed by atoms with van der Waals surface area (Å²) in [4.78, 5) is 22.2. The van der Waals surface area contributed by atoms with E-state index in [1.165, 1.54) is 11.6 Å². The van der Waals surface area contributed by atoms with Crippen molar-refractivity contribution >= 4 is 11.9 Å². The molecule has 1 rings (SSSR count). The van der Waals surface area contributed by atoms with Crippen LogP contribution in [0.15, 0.2) is 6.07 Å². The lowest BCUT2D eigenvalue weighted by Gasteiger charge is -2.06. The van der Waals surface area contributed by atoms with Crippen molar-refractivity contribution in [1.29, 1.82) is 0 Å². The van der Waals surface area contributed by atoms with Crippen LogP contribution in [0.1, 0.15) is 30.0 Å². The number of hydrogen-bond donors (Lipinski definition) is 0. The first-order valence-corrected chi connectivity index (χ1v) is 5.39. The van der Waals surface area contributed by atoms with Crippen LogP contribution in [0.5, 0.6) is 0 Å². The van der Waals surface area contributed by atoms with E-state index >= 15 is 0 Å². The molecule has 0 N–H and O–H groups in total. The fourth-order valence-electron chi connectivity index (χ4n) is 1.36. The minimum atomic E-state index is -0.420. The van der Waals surface area contributed by atoms with Gasteiger partial charge in [0.25, 0.3) is 0 Å². The Bertz CT molecular complexity index is 412. The Balaban J connectivity index is 2.70. The van der Waals surface area contributed by atoms with Gasteiger partial charge in [-0.25, -0.2) is 4.79 Å². The van der Waals surface area contributed by atoms with Gasteiger partial charge in [-0.1, -0.05) is 0 Å². The topological polar surface area (TPSA) is 70.4 Å². The number of aromatic nitrogens is 2. The maximum atomic E-state index is 11.6. The lowest BCUT2D eigenvalue weighted by atomic mass is 10.4. The van der Waals surface area contributed by atoms with Gasteiger partial charge in [0.15, 0.2) is 0 Å². The Morgan fingerprint density at radius 2 is 2.12 bits per heavy atom. The number of carbonyl (C=O) groups excluding carboxylic acids is 2. The van der Waals surface area contributed by atoms with Crippen LogP contribution in [0.25, 0.3) is 0 Å². The zero-order chi connectivity index (χ0) is 12.8. The molecule has 0 spiro atoms. The zero-order valence-electron chi connectivity index (χ0n) is 10.2. The predicted octanol–water partition coefficient (Wildman–Crippen LogP) is 0.931. The van der Waals surface area contributed by atoms with Crippen LogP contribution in [0.3, 0.4) is 0 Å². The molecule has 0 aliphatic carbocycles. The summed E-state index contributed by atoms with van der Waals surface area (Å²) in [6.45, 7) is 5.69. The van der Waals surface area contributed by atoms with E-state index in [1.807, 2.05) is 0 Å². The van der Waals surface area contributed by atoms with E-state index in [0.717, 1.165) is 5.69 Å². The molecule has 94 valence electrons. The molecule has 17 heavy (non-hydrogen) atoms. The van der Waals surface area contributed by atoms with Gasteiger partial charge in [0.05, 0.1) is 18.8 Å². The van der Waals surface area contributed by atoms with Crippen molar-refractivity contribution in [2.24, 2.45) is 0 Å². The highest BCUT2D eigenvalue weighted by Crippen LogP contribution is 2.06. The average molecular weight is 240 g/mol. The van der Waals surface area contributed by atoms with Gasteiger partial charge in [-0.05, 0) is 19.9 Å². The van der Waals surface area contributed by atoms with Gasteiger partial charge in [0.2, 0.25) is 0 Å². The first-order valence-electron chi connectivity index (χ1n) is 5.39. The number of rotatable bonds is 5. The Kier molecular flexibility index (Phi) is 4.68. The summed E-state index contributed by atoms with van der Waals surface area (Å²) in [6, 6.07) is 1.64. The number of carbonyl (C=O) groups is 2. The van der Waals surface area contributed by atoms with Crippen LogP contribution in [0, 0.1) is 6.92 Å². The van der Waals surface area contributed by atoms with E-state index in [0.29, 0.717) is 18.8 Å². The van der Waals surface area contributed by atoms with Crippen LogP contribution < -0.4 is 0 Å². The third kappa shape index (κ3) is 3.90. The Morgan fingerprint density at radius 3 is 2.71 bits per heavy atom. The molecule has 0 radical (unpaired) electrons. The molecule has 6 heteroatoms. The Hall–Kier alpha value is -1.85. The van der Waals surface area contributed by atoms with Gasteiger partial charge in [0.1, 0.15) is 12.3 Å². The van der Waals surface area contributed by atoms with Gasteiger partial charge in [0, 0.05) is 6.92 Å². The SMILES string of the molecule is CCOC(=O)c1cc(C)nn1CCOC(C)=O. The van der Waals surface area contributed by atoms with Crippen molar-refractivity contribution in [3.63, 3.8) is 0 Å². The van der Waals surface area contributed by atoms with Crippen LogP contribution in [0.4, 0.5) is 0 Å². The molecular weight excluding hydrogens is 224 g/mol. The largest absolute Gasteiger partial charge is 0.464 e. The third-order valence-electron chi connectivity index (χ3n) is 2.00. The van der Waals surface area contributed by atoms with E-state index in [2.05, 4.69) is 5.10 Å². The molecular formula is C11H16N2O4. The highest BCUT2D eigenvalue weighted by atomic mass is 16.5. The first kappa shape index (κ1) is 13.2. The van der Waals surface area contributed by atoms with Crippen molar-refractivity contribution in [1.82, 2.24) is 9.78 Å². The lowest BCUT2D eigenvalue weighted by molar-refractivity contribution is -0.141. The highest BCUT2D eigenvalue weighted by molar-refractivity contribution is 5.87. The molecule has 0 aliphatic rings. The van der Waals surface area contributed by atoms with Gasteiger partial charge in [-0.2, -0.15) is 5.10 Å². The fraction of sp³-hybridized carbons (Fsp3) is 0.545. The van der Waals surface area contributed by atoms with E-state index in [9.17, 15) is 9.59 Å². The number of aryl methyl sites for hydroxylation is 1. The van der Waals surface area contributed by atoms with Crippen molar-refractivity contribution in [2.45, 2.75) is 27.3 Å². The zero-order valence-corrected chi connectivity index (χ0v) is 10.2.